The second-order valence-corrected chi connectivity index (χ2v) is 8.20. The Bertz CT molecular complexity index is 1130. The Kier molecular flexibility index (Phi) is 6.19. The molecule has 0 radical (unpaired) electrons. The summed E-state index contributed by atoms with van der Waals surface area (Å²) in [6, 6.07) is 14.4. The molecule has 0 fully saturated rings. The molecule has 158 valence electrons. The number of nitrogens with two attached hydrogens (primary N) is 1. The molecule has 2 aromatic carbocycles. The first-order chi connectivity index (χ1) is 15.0. The Morgan fingerprint density at radius 3 is 2.74 bits per heavy atom. The number of hydrogen-bond donors (Lipinski definition) is 3. The van der Waals surface area contributed by atoms with Crippen LogP contribution in [0.4, 0.5) is 23.3 Å². The molecule has 0 unspecified atom stereocenters. The third-order valence-corrected chi connectivity index (χ3v) is 5.75. The number of fused-ring (bicyclic) bond motifs is 1. The number of halogens is 1. The number of anilines is 4. The van der Waals surface area contributed by atoms with Crippen molar-refractivity contribution >= 4 is 58.5 Å². The molecule has 31 heavy (non-hydrogen) atoms. The maximum Gasteiger partial charge on any atom is 0.307 e. The molecule has 1 aliphatic heterocycles. The van der Waals surface area contributed by atoms with E-state index in [4.69, 9.17) is 22.1 Å². The summed E-state index contributed by atoms with van der Waals surface area (Å²) in [7, 11) is 0. The van der Waals surface area contributed by atoms with Crippen LogP contribution in [0.15, 0.2) is 53.4 Å². The SMILES string of the molecule is Nc1nc(COC(=O)C[C@H]2Sc3ccccc3NC2=O)nc(Nc2ccc(Cl)cc2)n1. The van der Waals surface area contributed by atoms with Gasteiger partial charge in [-0.2, -0.15) is 15.0 Å². The number of amides is 1. The zero-order valence-electron chi connectivity index (χ0n) is 16.0. The van der Waals surface area contributed by atoms with Crippen molar-refractivity contribution in [3.63, 3.8) is 0 Å². The van der Waals surface area contributed by atoms with Crippen molar-refractivity contribution in [2.75, 3.05) is 16.4 Å². The molecule has 1 aliphatic rings. The van der Waals surface area contributed by atoms with Crippen LogP contribution in [0.3, 0.4) is 0 Å². The van der Waals surface area contributed by atoms with Gasteiger partial charge in [-0.15, -0.1) is 11.8 Å². The largest absolute Gasteiger partial charge is 0.457 e. The molecule has 4 rings (SSSR count). The Labute approximate surface area is 186 Å². The molecule has 0 saturated heterocycles. The van der Waals surface area contributed by atoms with E-state index in [2.05, 4.69) is 25.6 Å². The van der Waals surface area contributed by atoms with Crippen molar-refractivity contribution in [1.82, 2.24) is 15.0 Å². The van der Waals surface area contributed by atoms with E-state index in [9.17, 15) is 9.59 Å². The maximum absolute atomic E-state index is 12.3. The number of thioether (sulfide) groups is 1. The lowest BCUT2D eigenvalue weighted by Crippen LogP contribution is -2.31. The third-order valence-electron chi connectivity index (χ3n) is 4.22. The van der Waals surface area contributed by atoms with Crippen LogP contribution < -0.4 is 16.4 Å². The van der Waals surface area contributed by atoms with Crippen LogP contribution in [-0.2, 0) is 20.9 Å². The van der Waals surface area contributed by atoms with Crippen molar-refractivity contribution < 1.29 is 14.3 Å². The van der Waals surface area contributed by atoms with E-state index in [1.165, 1.54) is 11.8 Å². The van der Waals surface area contributed by atoms with Gasteiger partial charge in [-0.05, 0) is 36.4 Å². The van der Waals surface area contributed by atoms with Gasteiger partial charge in [0.05, 0.1) is 17.4 Å². The predicted octanol–water partition coefficient (Wildman–Crippen LogP) is 3.40. The smallest absolute Gasteiger partial charge is 0.307 e. The zero-order chi connectivity index (χ0) is 21.8. The van der Waals surface area contributed by atoms with Gasteiger partial charge in [0.15, 0.2) is 12.4 Å². The van der Waals surface area contributed by atoms with Crippen LogP contribution in [0.1, 0.15) is 12.2 Å². The van der Waals surface area contributed by atoms with E-state index in [1.807, 2.05) is 24.3 Å². The molecule has 9 nitrogen and oxygen atoms in total. The highest BCUT2D eigenvalue weighted by Gasteiger charge is 2.29. The number of aromatic nitrogens is 3. The summed E-state index contributed by atoms with van der Waals surface area (Å²) in [5.74, 6) is -0.405. The lowest BCUT2D eigenvalue weighted by Gasteiger charge is -2.23. The monoisotopic (exact) mass is 456 g/mol. The Morgan fingerprint density at radius 1 is 1.16 bits per heavy atom. The number of hydrogen-bond acceptors (Lipinski definition) is 9. The summed E-state index contributed by atoms with van der Waals surface area (Å²) < 4.78 is 5.26. The molecule has 0 aliphatic carbocycles. The number of rotatable bonds is 6. The van der Waals surface area contributed by atoms with Gasteiger partial charge in [-0.1, -0.05) is 23.7 Å². The highest BCUT2D eigenvalue weighted by atomic mass is 35.5. The van der Waals surface area contributed by atoms with Gasteiger partial charge in [0.25, 0.3) is 0 Å². The fourth-order valence-corrected chi connectivity index (χ4v) is 4.02. The van der Waals surface area contributed by atoms with Crippen LogP contribution >= 0.6 is 23.4 Å². The number of ether oxygens (including phenoxy) is 1. The number of esters is 1. The van der Waals surface area contributed by atoms with Gasteiger partial charge < -0.3 is 21.1 Å². The highest BCUT2D eigenvalue weighted by molar-refractivity contribution is 8.01. The number of nitrogen functional groups attached to an aromatic ring is 1. The first-order valence-corrected chi connectivity index (χ1v) is 10.5. The standard InChI is InChI=1S/C20H17ClN6O3S/c21-11-5-7-12(8-6-11)23-20-26-16(25-19(22)27-20)10-30-17(28)9-15-18(29)24-13-3-1-2-4-14(13)31-15/h1-8,15H,9-10H2,(H,24,29)(H3,22,23,25,26,27)/t15-/m1/s1. The van der Waals surface area contributed by atoms with Gasteiger partial charge >= 0.3 is 5.97 Å². The van der Waals surface area contributed by atoms with Crippen LogP contribution in [0.2, 0.25) is 5.02 Å². The first kappa shape index (κ1) is 20.9. The minimum atomic E-state index is -0.576. The second kappa shape index (κ2) is 9.19. The molecule has 4 N–H and O–H groups in total. The van der Waals surface area contributed by atoms with Gasteiger partial charge in [0, 0.05) is 15.6 Å². The van der Waals surface area contributed by atoms with Crippen LogP contribution in [0.5, 0.6) is 0 Å². The fraction of sp³-hybridized carbons (Fsp3) is 0.150. The molecule has 0 bridgehead atoms. The Morgan fingerprint density at radius 2 is 1.94 bits per heavy atom. The summed E-state index contributed by atoms with van der Waals surface area (Å²) in [6.07, 6.45) is -0.0821. The van der Waals surface area contributed by atoms with Crippen LogP contribution in [-0.4, -0.2) is 32.1 Å². The number of nitrogens with one attached hydrogen (secondary N) is 2. The number of para-hydroxylation sites is 1. The summed E-state index contributed by atoms with van der Waals surface area (Å²) in [5, 5.41) is 5.80. The van der Waals surface area contributed by atoms with E-state index < -0.39 is 11.2 Å². The summed E-state index contributed by atoms with van der Waals surface area (Å²) >= 11 is 7.20. The molecule has 3 aromatic rings. The molecular formula is C20H17ClN6O3S. The lowest BCUT2D eigenvalue weighted by molar-refractivity contribution is -0.146. The number of benzene rings is 2. The molecule has 1 amide bonds. The average molecular weight is 457 g/mol. The van der Waals surface area contributed by atoms with E-state index in [1.54, 1.807) is 24.3 Å². The minimum absolute atomic E-state index is 0.0173. The summed E-state index contributed by atoms with van der Waals surface area (Å²) in [6.45, 7) is -0.198. The molecule has 1 atom stereocenters. The fourth-order valence-electron chi connectivity index (χ4n) is 2.80. The van der Waals surface area contributed by atoms with E-state index in [-0.39, 0.29) is 36.7 Å². The van der Waals surface area contributed by atoms with Crippen LogP contribution in [0, 0.1) is 0 Å². The second-order valence-electron chi connectivity index (χ2n) is 6.52. The topological polar surface area (TPSA) is 132 Å². The molecule has 2 heterocycles. The van der Waals surface area contributed by atoms with Crippen molar-refractivity contribution in [2.24, 2.45) is 0 Å². The van der Waals surface area contributed by atoms with Crippen molar-refractivity contribution in [1.29, 1.82) is 0 Å². The summed E-state index contributed by atoms with van der Waals surface area (Å²) in [4.78, 5) is 37.7. The van der Waals surface area contributed by atoms with Gasteiger partial charge in [0.1, 0.15) is 0 Å². The van der Waals surface area contributed by atoms with Crippen molar-refractivity contribution in [2.45, 2.75) is 23.2 Å². The number of carbonyl (C=O) groups is 2. The molecule has 0 saturated carbocycles. The zero-order valence-corrected chi connectivity index (χ0v) is 17.6. The normalized spacial score (nSPS) is 15.0. The van der Waals surface area contributed by atoms with E-state index in [0.29, 0.717) is 10.7 Å². The third kappa shape index (κ3) is 5.41. The maximum atomic E-state index is 12.3. The van der Waals surface area contributed by atoms with Crippen molar-refractivity contribution in [3.05, 3.63) is 59.4 Å². The Hall–Kier alpha value is -3.37. The van der Waals surface area contributed by atoms with E-state index in [0.717, 1.165) is 10.6 Å². The molecule has 11 heteroatoms. The molecule has 0 spiro atoms. The average Bonchev–Trinajstić information content (AvgIpc) is 2.74. The lowest BCUT2D eigenvalue weighted by atomic mass is 10.2. The predicted molar refractivity (Wildman–Crippen MR) is 118 cm³/mol. The molecular weight excluding hydrogens is 440 g/mol. The Balaban J connectivity index is 1.35. The number of nitrogens with zero attached hydrogens (tertiary/aromatic N) is 3. The number of carbonyl (C=O) groups excluding carboxylic acids is 2. The van der Waals surface area contributed by atoms with E-state index >= 15 is 0 Å². The van der Waals surface area contributed by atoms with Gasteiger partial charge in [-0.25, -0.2) is 0 Å². The highest BCUT2D eigenvalue weighted by Crippen LogP contribution is 2.36. The summed E-state index contributed by atoms with van der Waals surface area (Å²) in [5.41, 5.74) is 7.18. The van der Waals surface area contributed by atoms with Gasteiger partial charge in [-0.3, -0.25) is 9.59 Å². The quantitative estimate of drug-likeness (QED) is 0.477. The van der Waals surface area contributed by atoms with Crippen LogP contribution in [0.25, 0.3) is 0 Å². The molecule has 1 aromatic heterocycles. The minimum Gasteiger partial charge on any atom is -0.457 e. The van der Waals surface area contributed by atoms with Crippen molar-refractivity contribution in [3.8, 4) is 0 Å². The first-order valence-electron chi connectivity index (χ1n) is 9.21. The van der Waals surface area contributed by atoms with Gasteiger partial charge in [0.2, 0.25) is 17.8 Å².